The van der Waals surface area contributed by atoms with Crippen LogP contribution in [0.2, 0.25) is 0 Å². The molecule has 2 atom stereocenters. The lowest BCUT2D eigenvalue weighted by molar-refractivity contribution is -0.123. The van der Waals surface area contributed by atoms with Crippen molar-refractivity contribution in [3.63, 3.8) is 0 Å². The second-order valence-electron chi connectivity index (χ2n) is 4.54. The van der Waals surface area contributed by atoms with Crippen molar-refractivity contribution < 1.29 is 9.53 Å². The van der Waals surface area contributed by atoms with Crippen molar-refractivity contribution in [1.29, 1.82) is 0 Å². The van der Waals surface area contributed by atoms with Gasteiger partial charge in [0.25, 0.3) is 0 Å². The maximum atomic E-state index is 11.7. The Balaban J connectivity index is 2.47. The molecule has 3 nitrogen and oxygen atoms in total. The first-order chi connectivity index (χ1) is 6.44. The Kier molecular flexibility index (Phi) is 3.84. The summed E-state index contributed by atoms with van der Waals surface area (Å²) in [6.45, 7) is 7.33. The molecule has 0 aliphatic carbocycles. The second-order valence-corrected chi connectivity index (χ2v) is 5.10. The van der Waals surface area contributed by atoms with E-state index in [9.17, 15) is 4.79 Å². The van der Waals surface area contributed by atoms with E-state index < -0.39 is 0 Å². The number of nitrogens with one attached hydrogen (secondary N) is 1. The third-order valence-electron chi connectivity index (χ3n) is 2.54. The summed E-state index contributed by atoms with van der Waals surface area (Å²) in [5.74, 6) is 0.264. The van der Waals surface area contributed by atoms with Gasteiger partial charge in [-0.25, -0.2) is 0 Å². The number of rotatable bonds is 3. The minimum atomic E-state index is -0.229. The summed E-state index contributed by atoms with van der Waals surface area (Å²) in [6, 6.07) is 0. The van der Waals surface area contributed by atoms with Crippen LogP contribution < -0.4 is 5.32 Å². The molecule has 1 heterocycles. The fraction of sp³-hybridized carbons (Fsp3) is 0.900. The first-order valence-electron chi connectivity index (χ1n) is 5.02. The van der Waals surface area contributed by atoms with Crippen molar-refractivity contribution in [2.24, 2.45) is 5.92 Å². The van der Waals surface area contributed by atoms with E-state index in [4.69, 9.17) is 4.74 Å². The van der Waals surface area contributed by atoms with Crippen molar-refractivity contribution in [3.8, 4) is 0 Å². The fourth-order valence-electron chi connectivity index (χ4n) is 1.44. The van der Waals surface area contributed by atoms with Crippen LogP contribution in [0.3, 0.4) is 0 Å². The standard InChI is InChI=1S/C10H19NO2S/c1-7(2)8(14)9(12)11-10(3)4-5-13-6-10/h7-8,14H,4-6H2,1-3H3,(H,11,12). The summed E-state index contributed by atoms with van der Waals surface area (Å²) < 4.78 is 5.26. The Bertz CT molecular complexity index is 212. The molecule has 0 aromatic rings. The van der Waals surface area contributed by atoms with Gasteiger partial charge in [0.2, 0.25) is 5.91 Å². The van der Waals surface area contributed by atoms with Gasteiger partial charge < -0.3 is 10.1 Å². The van der Waals surface area contributed by atoms with Gasteiger partial charge >= 0.3 is 0 Å². The smallest absolute Gasteiger partial charge is 0.233 e. The molecule has 1 rings (SSSR count). The molecular formula is C10H19NO2S. The highest BCUT2D eigenvalue weighted by Gasteiger charge is 2.33. The van der Waals surface area contributed by atoms with Crippen LogP contribution in [0, 0.1) is 5.92 Å². The molecule has 1 fully saturated rings. The van der Waals surface area contributed by atoms with Gasteiger partial charge in [0, 0.05) is 6.61 Å². The molecule has 1 saturated heterocycles. The molecule has 1 aliphatic heterocycles. The zero-order chi connectivity index (χ0) is 10.8. The first-order valence-corrected chi connectivity index (χ1v) is 5.54. The van der Waals surface area contributed by atoms with Crippen LogP contribution in [0.15, 0.2) is 0 Å². The third-order valence-corrected chi connectivity index (χ3v) is 3.37. The lowest BCUT2D eigenvalue weighted by atomic mass is 10.0. The topological polar surface area (TPSA) is 38.3 Å². The van der Waals surface area contributed by atoms with E-state index in [1.165, 1.54) is 0 Å². The molecule has 1 aliphatic rings. The van der Waals surface area contributed by atoms with Gasteiger partial charge in [0.1, 0.15) is 0 Å². The summed E-state index contributed by atoms with van der Waals surface area (Å²) >= 11 is 4.28. The van der Waals surface area contributed by atoms with Crippen LogP contribution in [-0.2, 0) is 9.53 Å². The van der Waals surface area contributed by atoms with Crippen LogP contribution in [0.4, 0.5) is 0 Å². The highest BCUT2D eigenvalue weighted by Crippen LogP contribution is 2.19. The number of ether oxygens (including phenoxy) is 1. The fourth-order valence-corrected chi connectivity index (χ4v) is 1.50. The molecule has 14 heavy (non-hydrogen) atoms. The number of hydrogen-bond donors (Lipinski definition) is 2. The van der Waals surface area contributed by atoms with Gasteiger partial charge in [-0.15, -0.1) is 0 Å². The molecule has 4 heteroatoms. The summed E-state index contributed by atoms with van der Waals surface area (Å²) in [5, 5.41) is 2.77. The predicted octanol–water partition coefficient (Wildman–Crippen LogP) is 1.24. The monoisotopic (exact) mass is 217 g/mol. The molecule has 0 radical (unpaired) electrons. The lowest BCUT2D eigenvalue weighted by Crippen LogP contribution is -2.50. The highest BCUT2D eigenvalue weighted by molar-refractivity contribution is 7.81. The molecule has 82 valence electrons. The van der Waals surface area contributed by atoms with E-state index in [1.54, 1.807) is 0 Å². The number of carbonyl (C=O) groups excluding carboxylic acids is 1. The highest BCUT2D eigenvalue weighted by atomic mass is 32.1. The van der Waals surface area contributed by atoms with Crippen LogP contribution in [-0.4, -0.2) is 29.9 Å². The Morgan fingerprint density at radius 3 is 2.64 bits per heavy atom. The van der Waals surface area contributed by atoms with Gasteiger partial charge in [-0.1, -0.05) is 13.8 Å². The molecular weight excluding hydrogens is 198 g/mol. The minimum Gasteiger partial charge on any atom is -0.379 e. The average Bonchev–Trinajstić information content (AvgIpc) is 2.50. The Hall–Kier alpha value is -0.220. The van der Waals surface area contributed by atoms with Gasteiger partial charge in [0.05, 0.1) is 17.4 Å². The van der Waals surface area contributed by atoms with Gasteiger partial charge in [-0.3, -0.25) is 4.79 Å². The van der Waals surface area contributed by atoms with Crippen LogP contribution >= 0.6 is 12.6 Å². The molecule has 0 saturated carbocycles. The van der Waals surface area contributed by atoms with E-state index in [2.05, 4.69) is 17.9 Å². The molecule has 0 bridgehead atoms. The second kappa shape index (κ2) is 4.53. The van der Waals surface area contributed by atoms with Crippen molar-refractivity contribution in [3.05, 3.63) is 0 Å². The largest absolute Gasteiger partial charge is 0.379 e. The van der Waals surface area contributed by atoms with E-state index in [0.29, 0.717) is 6.61 Å². The van der Waals surface area contributed by atoms with Crippen molar-refractivity contribution in [1.82, 2.24) is 5.32 Å². The van der Waals surface area contributed by atoms with Crippen molar-refractivity contribution in [2.45, 2.75) is 38.0 Å². The summed E-state index contributed by atoms with van der Waals surface area (Å²) in [4.78, 5) is 11.7. The maximum Gasteiger partial charge on any atom is 0.233 e. The normalized spacial score (nSPS) is 29.2. The lowest BCUT2D eigenvalue weighted by Gasteiger charge is -2.26. The van der Waals surface area contributed by atoms with E-state index >= 15 is 0 Å². The summed E-state index contributed by atoms with van der Waals surface area (Å²) in [5.41, 5.74) is -0.188. The molecule has 0 spiro atoms. The summed E-state index contributed by atoms with van der Waals surface area (Å²) in [6.07, 6.45) is 0.886. The van der Waals surface area contributed by atoms with Crippen LogP contribution in [0.25, 0.3) is 0 Å². The van der Waals surface area contributed by atoms with Gasteiger partial charge in [-0.05, 0) is 19.3 Å². The number of hydrogen-bond acceptors (Lipinski definition) is 3. The van der Waals surface area contributed by atoms with Crippen LogP contribution in [0.1, 0.15) is 27.2 Å². The number of amides is 1. The quantitative estimate of drug-likeness (QED) is 0.698. The zero-order valence-corrected chi connectivity index (χ0v) is 9.93. The predicted molar refractivity (Wildman–Crippen MR) is 59.6 cm³/mol. The number of thiol groups is 1. The molecule has 2 unspecified atom stereocenters. The van der Waals surface area contributed by atoms with Gasteiger partial charge in [-0.2, -0.15) is 12.6 Å². The SMILES string of the molecule is CC(C)C(S)C(=O)NC1(C)CCOC1. The molecule has 1 N–H and O–H groups in total. The molecule has 0 aromatic heterocycles. The number of carbonyl (C=O) groups is 1. The van der Waals surface area contributed by atoms with Crippen molar-refractivity contribution >= 4 is 18.5 Å². The van der Waals surface area contributed by atoms with Gasteiger partial charge in [0.15, 0.2) is 0 Å². The molecule has 1 amide bonds. The third kappa shape index (κ3) is 2.89. The Labute approximate surface area is 91.0 Å². The Morgan fingerprint density at radius 2 is 2.21 bits per heavy atom. The van der Waals surface area contributed by atoms with Crippen molar-refractivity contribution in [2.75, 3.05) is 13.2 Å². The van der Waals surface area contributed by atoms with E-state index in [-0.39, 0.29) is 22.6 Å². The first kappa shape index (κ1) is 11.9. The Morgan fingerprint density at radius 1 is 1.57 bits per heavy atom. The van der Waals surface area contributed by atoms with E-state index in [1.807, 2.05) is 20.8 Å². The van der Waals surface area contributed by atoms with E-state index in [0.717, 1.165) is 13.0 Å². The maximum absolute atomic E-state index is 11.7. The molecule has 0 aromatic carbocycles. The zero-order valence-electron chi connectivity index (χ0n) is 9.04. The van der Waals surface area contributed by atoms with Crippen LogP contribution in [0.5, 0.6) is 0 Å². The average molecular weight is 217 g/mol. The summed E-state index contributed by atoms with van der Waals surface area (Å²) in [7, 11) is 0. The minimum absolute atomic E-state index is 0.0105.